The van der Waals surface area contributed by atoms with Gasteiger partial charge in [-0.15, -0.1) is 24.0 Å². The van der Waals surface area contributed by atoms with Crippen LogP contribution in [0.3, 0.4) is 0 Å². The van der Waals surface area contributed by atoms with Gasteiger partial charge in [0.2, 0.25) is 0 Å². The molecule has 6 nitrogen and oxygen atoms in total. The van der Waals surface area contributed by atoms with Crippen molar-refractivity contribution in [1.82, 2.24) is 10.2 Å². The smallest absolute Gasteiger partial charge is 0.194 e. The van der Waals surface area contributed by atoms with E-state index in [0.29, 0.717) is 24.1 Å². The Balaban J connectivity index is 0.00000261. The Bertz CT molecular complexity index is 593. The van der Waals surface area contributed by atoms with Crippen LogP contribution < -0.4 is 5.32 Å². The van der Waals surface area contributed by atoms with Gasteiger partial charge in [0.05, 0.1) is 11.5 Å². The number of nitrogens with zero attached hydrogens (tertiary/aromatic N) is 2. The largest absolute Gasteiger partial charge is 0.381 e. The highest BCUT2D eigenvalue weighted by Gasteiger charge is 2.33. The Morgan fingerprint density at radius 3 is 2.59 bits per heavy atom. The van der Waals surface area contributed by atoms with Crippen LogP contribution in [-0.4, -0.2) is 69.7 Å². The van der Waals surface area contributed by atoms with Crippen LogP contribution in [0.1, 0.15) is 46.0 Å². The maximum atomic E-state index is 11.7. The molecule has 3 heterocycles. The molecule has 0 aromatic heterocycles. The molecule has 0 aliphatic carbocycles. The van der Waals surface area contributed by atoms with Gasteiger partial charge in [-0.3, -0.25) is 4.99 Å². The molecule has 0 radical (unpaired) electrons. The first kappa shape index (κ1) is 23.2. The van der Waals surface area contributed by atoms with E-state index >= 15 is 0 Å². The summed E-state index contributed by atoms with van der Waals surface area (Å²) < 4.78 is 28.9. The van der Waals surface area contributed by atoms with E-state index < -0.39 is 9.84 Å². The topological polar surface area (TPSA) is 71.0 Å². The van der Waals surface area contributed by atoms with Crippen LogP contribution in [0.15, 0.2) is 4.99 Å². The predicted molar refractivity (Wildman–Crippen MR) is 121 cm³/mol. The van der Waals surface area contributed by atoms with Gasteiger partial charge in [-0.2, -0.15) is 0 Å². The lowest BCUT2D eigenvalue weighted by Gasteiger charge is -2.29. The average molecular weight is 513 g/mol. The van der Waals surface area contributed by atoms with Crippen molar-refractivity contribution in [3.05, 3.63) is 0 Å². The number of hydrogen-bond acceptors (Lipinski definition) is 4. The number of rotatable bonds is 5. The summed E-state index contributed by atoms with van der Waals surface area (Å²) in [4.78, 5) is 7.26. The van der Waals surface area contributed by atoms with Gasteiger partial charge in [-0.1, -0.05) is 6.92 Å². The summed E-state index contributed by atoms with van der Waals surface area (Å²) >= 11 is 0. The molecule has 3 aliphatic rings. The summed E-state index contributed by atoms with van der Waals surface area (Å²) in [7, 11) is -2.83. The second kappa shape index (κ2) is 10.6. The lowest BCUT2D eigenvalue weighted by atomic mass is 9.85. The molecular formula is C19H36IN3O3S. The third-order valence-electron chi connectivity index (χ3n) is 6.27. The van der Waals surface area contributed by atoms with E-state index in [1.807, 2.05) is 0 Å². The van der Waals surface area contributed by atoms with Crippen LogP contribution in [-0.2, 0) is 14.6 Å². The molecular weight excluding hydrogens is 477 g/mol. The van der Waals surface area contributed by atoms with Gasteiger partial charge >= 0.3 is 0 Å². The number of hydrogen-bond donors (Lipinski definition) is 1. The van der Waals surface area contributed by atoms with Crippen molar-refractivity contribution in [3.63, 3.8) is 0 Å². The summed E-state index contributed by atoms with van der Waals surface area (Å²) in [5.41, 5.74) is 0. The SMILES string of the molecule is CCC(C)NC(=NCC1CCS(=O)(=O)C1)N1CCC(C2CCOCC2)C1.I. The van der Waals surface area contributed by atoms with Crippen molar-refractivity contribution >= 4 is 39.8 Å². The molecule has 3 unspecified atom stereocenters. The zero-order chi connectivity index (χ0) is 18.6. The van der Waals surface area contributed by atoms with Crippen molar-refractivity contribution in [2.24, 2.45) is 22.7 Å². The number of sulfone groups is 1. The molecule has 3 saturated heterocycles. The Morgan fingerprint density at radius 1 is 1.22 bits per heavy atom. The highest BCUT2D eigenvalue weighted by molar-refractivity contribution is 14.0. The van der Waals surface area contributed by atoms with E-state index in [4.69, 9.17) is 9.73 Å². The van der Waals surface area contributed by atoms with Crippen LogP contribution in [0, 0.1) is 17.8 Å². The molecule has 0 aromatic carbocycles. The zero-order valence-corrected chi connectivity index (χ0v) is 19.9. The Labute approximate surface area is 181 Å². The third kappa shape index (κ3) is 6.73. The molecule has 27 heavy (non-hydrogen) atoms. The van der Waals surface area contributed by atoms with Crippen molar-refractivity contribution < 1.29 is 13.2 Å². The molecule has 1 N–H and O–H groups in total. The van der Waals surface area contributed by atoms with Crippen LogP contribution >= 0.6 is 24.0 Å². The minimum Gasteiger partial charge on any atom is -0.381 e. The monoisotopic (exact) mass is 513 g/mol. The summed E-state index contributed by atoms with van der Waals surface area (Å²) in [6.07, 6.45) is 5.40. The van der Waals surface area contributed by atoms with Gasteiger partial charge < -0.3 is 15.0 Å². The highest BCUT2D eigenvalue weighted by atomic mass is 127. The normalized spacial score (nSPS) is 30.1. The second-order valence-corrected chi connectivity index (χ2v) is 10.6. The molecule has 3 rings (SSSR count). The molecule has 0 amide bonds. The van der Waals surface area contributed by atoms with Crippen LogP contribution in [0.4, 0.5) is 0 Å². The molecule has 0 saturated carbocycles. The minimum absolute atomic E-state index is 0. The number of aliphatic imine (C=N–C) groups is 1. The lowest BCUT2D eigenvalue weighted by Crippen LogP contribution is -2.44. The maximum Gasteiger partial charge on any atom is 0.194 e. The van der Waals surface area contributed by atoms with Crippen molar-refractivity contribution in [1.29, 1.82) is 0 Å². The minimum atomic E-state index is -2.83. The number of halogens is 1. The highest BCUT2D eigenvalue weighted by Crippen LogP contribution is 2.31. The predicted octanol–water partition coefficient (Wildman–Crippen LogP) is 2.53. The summed E-state index contributed by atoms with van der Waals surface area (Å²) in [5.74, 6) is 3.31. The lowest BCUT2D eigenvalue weighted by molar-refractivity contribution is 0.0488. The first-order chi connectivity index (χ1) is 12.5. The zero-order valence-electron chi connectivity index (χ0n) is 16.7. The van der Waals surface area contributed by atoms with Crippen molar-refractivity contribution in [3.8, 4) is 0 Å². The summed E-state index contributed by atoms with van der Waals surface area (Å²) in [5, 5.41) is 3.58. The standard InChI is InChI=1S/C19H35N3O3S.HI/c1-3-15(2)21-19(20-12-16-7-11-26(23,24)14-16)22-8-4-18(13-22)17-5-9-25-10-6-17;/h15-18H,3-14H2,1-2H3,(H,20,21);1H. The Kier molecular flexibility index (Phi) is 9.12. The fourth-order valence-corrected chi connectivity index (χ4v) is 6.19. The van der Waals surface area contributed by atoms with Gasteiger partial charge in [0.15, 0.2) is 15.8 Å². The fourth-order valence-electron chi connectivity index (χ4n) is 4.34. The van der Waals surface area contributed by atoms with E-state index in [-0.39, 0.29) is 29.9 Å². The average Bonchev–Trinajstić information content (AvgIpc) is 3.25. The van der Waals surface area contributed by atoms with E-state index in [2.05, 4.69) is 24.1 Å². The van der Waals surface area contributed by atoms with E-state index in [1.54, 1.807) is 0 Å². The number of ether oxygens (including phenoxy) is 1. The molecule has 3 atom stereocenters. The van der Waals surface area contributed by atoms with Gasteiger partial charge in [0.1, 0.15) is 0 Å². The van der Waals surface area contributed by atoms with E-state index in [0.717, 1.165) is 56.9 Å². The van der Waals surface area contributed by atoms with Gasteiger partial charge in [-0.05, 0) is 56.8 Å². The molecule has 158 valence electrons. The van der Waals surface area contributed by atoms with Gasteiger partial charge in [-0.25, -0.2) is 8.42 Å². The summed E-state index contributed by atoms with van der Waals surface area (Å²) in [6.45, 7) is 8.90. The first-order valence-corrected chi connectivity index (χ1v) is 12.1. The molecule has 3 fully saturated rings. The van der Waals surface area contributed by atoms with E-state index in [1.165, 1.54) is 19.3 Å². The number of likely N-dealkylation sites (tertiary alicyclic amines) is 1. The van der Waals surface area contributed by atoms with Crippen molar-refractivity contribution in [2.75, 3.05) is 44.4 Å². The van der Waals surface area contributed by atoms with Gasteiger partial charge in [0, 0.05) is 38.9 Å². The summed E-state index contributed by atoms with van der Waals surface area (Å²) in [6, 6.07) is 0.378. The quantitative estimate of drug-likeness (QED) is 0.348. The van der Waals surface area contributed by atoms with Crippen LogP contribution in [0.2, 0.25) is 0 Å². The Morgan fingerprint density at radius 2 is 1.96 bits per heavy atom. The third-order valence-corrected chi connectivity index (χ3v) is 8.11. The fraction of sp³-hybridized carbons (Fsp3) is 0.947. The first-order valence-electron chi connectivity index (χ1n) is 10.3. The number of guanidine groups is 1. The van der Waals surface area contributed by atoms with Crippen LogP contribution in [0.5, 0.6) is 0 Å². The Hall–Kier alpha value is -0.0900. The van der Waals surface area contributed by atoms with Gasteiger partial charge in [0.25, 0.3) is 0 Å². The molecule has 3 aliphatic heterocycles. The number of nitrogens with one attached hydrogen (secondary N) is 1. The maximum absolute atomic E-state index is 11.7. The molecule has 0 bridgehead atoms. The second-order valence-electron chi connectivity index (χ2n) is 8.33. The molecule has 0 aromatic rings. The molecule has 0 spiro atoms. The van der Waals surface area contributed by atoms with Crippen molar-refractivity contribution in [2.45, 2.75) is 52.0 Å². The van der Waals surface area contributed by atoms with E-state index in [9.17, 15) is 8.42 Å². The molecule has 8 heteroatoms. The van der Waals surface area contributed by atoms with Crippen LogP contribution in [0.25, 0.3) is 0 Å².